The zero-order valence-electron chi connectivity index (χ0n) is 17.4. The molecule has 4 rings (SSSR count). The van der Waals surface area contributed by atoms with E-state index in [1.807, 2.05) is 49.4 Å². The Labute approximate surface area is 180 Å². The summed E-state index contributed by atoms with van der Waals surface area (Å²) in [4.78, 5) is 32.7. The van der Waals surface area contributed by atoms with Crippen molar-refractivity contribution in [2.45, 2.75) is 25.8 Å². The zero-order valence-corrected chi connectivity index (χ0v) is 18.2. The first-order chi connectivity index (χ1) is 14.5. The maximum Gasteiger partial charge on any atom is 0.277 e. The zero-order chi connectivity index (χ0) is 21.1. The first-order valence-electron chi connectivity index (χ1n) is 10.3. The van der Waals surface area contributed by atoms with E-state index in [1.54, 1.807) is 18.4 Å². The highest BCUT2D eigenvalue weighted by Gasteiger charge is 2.34. The topological polar surface area (TPSA) is 66.7 Å². The molecule has 156 valence electrons. The lowest BCUT2D eigenvalue weighted by molar-refractivity contribution is -0.910. The fourth-order valence-corrected chi connectivity index (χ4v) is 5.09. The second-order valence-electron chi connectivity index (χ2n) is 7.96. The summed E-state index contributed by atoms with van der Waals surface area (Å²) in [6.07, 6.45) is 2.13. The molecule has 2 N–H and O–H groups in total. The van der Waals surface area contributed by atoms with Gasteiger partial charge in [0.05, 0.1) is 23.3 Å². The first kappa shape index (κ1) is 20.5. The van der Waals surface area contributed by atoms with Crippen molar-refractivity contribution in [1.29, 1.82) is 0 Å². The van der Waals surface area contributed by atoms with Crippen LogP contribution in [0.4, 0.5) is 5.69 Å². The van der Waals surface area contributed by atoms with Crippen LogP contribution >= 0.6 is 11.3 Å². The minimum Gasteiger partial charge on any atom is -0.332 e. The van der Waals surface area contributed by atoms with Crippen molar-refractivity contribution in [1.82, 2.24) is 9.88 Å². The molecule has 30 heavy (non-hydrogen) atoms. The molecule has 0 bridgehead atoms. The van der Waals surface area contributed by atoms with E-state index in [0.29, 0.717) is 6.54 Å². The van der Waals surface area contributed by atoms with Crippen LogP contribution in [0.2, 0.25) is 0 Å². The fraction of sp³-hybridized carbons (Fsp3) is 0.348. The van der Waals surface area contributed by atoms with E-state index in [-0.39, 0.29) is 24.4 Å². The molecule has 2 aromatic carbocycles. The van der Waals surface area contributed by atoms with E-state index >= 15 is 0 Å². The molecular formula is C23H27N4O2S+. The van der Waals surface area contributed by atoms with Gasteiger partial charge in [-0.25, -0.2) is 4.98 Å². The normalized spacial score (nSPS) is 18.5. The van der Waals surface area contributed by atoms with Crippen molar-refractivity contribution >= 4 is 39.1 Å². The monoisotopic (exact) mass is 423 g/mol. The van der Waals surface area contributed by atoms with Crippen LogP contribution < -0.4 is 10.2 Å². The molecule has 1 unspecified atom stereocenters. The molecule has 2 amide bonds. The second kappa shape index (κ2) is 8.93. The highest BCUT2D eigenvalue weighted by atomic mass is 32.1. The number of anilines is 1. The van der Waals surface area contributed by atoms with Gasteiger partial charge in [-0.2, -0.15) is 0 Å². The summed E-state index contributed by atoms with van der Waals surface area (Å²) in [5, 5.41) is 3.96. The van der Waals surface area contributed by atoms with Crippen LogP contribution in [0.1, 0.15) is 29.5 Å². The maximum absolute atomic E-state index is 12.8. The summed E-state index contributed by atoms with van der Waals surface area (Å²) in [7, 11) is 1.69. The second-order valence-corrected chi connectivity index (χ2v) is 9.03. The van der Waals surface area contributed by atoms with Crippen molar-refractivity contribution in [3.63, 3.8) is 0 Å². The SMILES string of the molecule is Cc1ccc(NC(=O)CN(C)C(=O)C[NH+]2CCC[C@H]2c2nc3ccccc3s2)cc1. The number of likely N-dealkylation sites (tertiary alicyclic amines) is 1. The molecule has 2 atom stereocenters. The average molecular weight is 424 g/mol. The summed E-state index contributed by atoms with van der Waals surface area (Å²) in [6.45, 7) is 3.39. The number of hydrogen-bond donors (Lipinski definition) is 2. The number of quaternary nitrogens is 1. The Morgan fingerprint density at radius 1 is 1.20 bits per heavy atom. The van der Waals surface area contributed by atoms with E-state index in [2.05, 4.69) is 11.4 Å². The largest absolute Gasteiger partial charge is 0.332 e. The smallest absolute Gasteiger partial charge is 0.277 e. The number of aryl methyl sites for hydroxylation is 1. The predicted molar refractivity (Wildman–Crippen MR) is 120 cm³/mol. The lowest BCUT2D eigenvalue weighted by Crippen LogP contribution is -3.11. The van der Waals surface area contributed by atoms with Crippen LogP contribution in [-0.4, -0.2) is 48.4 Å². The number of amides is 2. The third kappa shape index (κ3) is 4.68. The van der Waals surface area contributed by atoms with Gasteiger partial charge in [0, 0.05) is 25.6 Å². The number of para-hydroxylation sites is 1. The van der Waals surface area contributed by atoms with Gasteiger partial charge in [0.25, 0.3) is 5.91 Å². The fourth-order valence-electron chi connectivity index (χ4n) is 3.93. The lowest BCUT2D eigenvalue weighted by Gasteiger charge is -2.23. The first-order valence-corrected chi connectivity index (χ1v) is 11.1. The van der Waals surface area contributed by atoms with Crippen molar-refractivity contribution in [3.8, 4) is 0 Å². The highest BCUT2D eigenvalue weighted by molar-refractivity contribution is 7.18. The molecule has 6 nitrogen and oxygen atoms in total. The number of nitrogens with zero attached hydrogens (tertiary/aromatic N) is 2. The van der Waals surface area contributed by atoms with Gasteiger partial charge in [-0.15, -0.1) is 11.3 Å². The number of hydrogen-bond acceptors (Lipinski definition) is 4. The van der Waals surface area contributed by atoms with Crippen LogP contribution in [-0.2, 0) is 9.59 Å². The highest BCUT2D eigenvalue weighted by Crippen LogP contribution is 2.28. The number of rotatable bonds is 6. The van der Waals surface area contributed by atoms with E-state index in [4.69, 9.17) is 4.98 Å². The minimum absolute atomic E-state index is 0.0166. The number of benzene rings is 2. The molecule has 1 fully saturated rings. The number of thiazole rings is 1. The van der Waals surface area contributed by atoms with Gasteiger partial charge in [0.15, 0.2) is 11.6 Å². The number of aromatic nitrogens is 1. The van der Waals surface area contributed by atoms with Crippen LogP contribution in [0, 0.1) is 6.92 Å². The van der Waals surface area contributed by atoms with Crippen LogP contribution in [0.3, 0.4) is 0 Å². The van der Waals surface area contributed by atoms with Crippen LogP contribution in [0.15, 0.2) is 48.5 Å². The number of carbonyl (C=O) groups is 2. The van der Waals surface area contributed by atoms with Gasteiger partial charge >= 0.3 is 0 Å². The molecule has 0 saturated carbocycles. The Balaban J connectivity index is 1.34. The summed E-state index contributed by atoms with van der Waals surface area (Å²) >= 11 is 1.73. The quantitative estimate of drug-likeness (QED) is 0.640. The number of fused-ring (bicyclic) bond motifs is 1. The Morgan fingerprint density at radius 2 is 1.97 bits per heavy atom. The summed E-state index contributed by atoms with van der Waals surface area (Å²) in [5.41, 5.74) is 2.91. The Bertz CT molecular complexity index is 1010. The number of likely N-dealkylation sites (N-methyl/N-ethyl adjacent to an activating group) is 1. The molecule has 1 aliphatic rings. The van der Waals surface area contributed by atoms with E-state index in [1.165, 1.54) is 14.5 Å². The van der Waals surface area contributed by atoms with Crippen molar-refractivity contribution in [2.75, 3.05) is 32.0 Å². The van der Waals surface area contributed by atoms with Gasteiger partial charge in [-0.3, -0.25) is 9.59 Å². The van der Waals surface area contributed by atoms with Crippen molar-refractivity contribution in [2.24, 2.45) is 0 Å². The molecule has 0 radical (unpaired) electrons. The van der Waals surface area contributed by atoms with Crippen LogP contribution in [0.5, 0.6) is 0 Å². The van der Waals surface area contributed by atoms with E-state index in [0.717, 1.165) is 41.2 Å². The molecule has 3 aromatic rings. The summed E-state index contributed by atoms with van der Waals surface area (Å²) in [6, 6.07) is 16.0. The molecule has 1 aliphatic heterocycles. The van der Waals surface area contributed by atoms with E-state index in [9.17, 15) is 9.59 Å². The molecule has 2 heterocycles. The third-order valence-corrected chi connectivity index (χ3v) is 6.76. The molecule has 1 saturated heterocycles. The van der Waals surface area contributed by atoms with Gasteiger partial charge < -0.3 is 15.1 Å². The average Bonchev–Trinajstić information content (AvgIpc) is 3.35. The molecule has 1 aromatic heterocycles. The van der Waals surface area contributed by atoms with Crippen molar-refractivity contribution < 1.29 is 14.5 Å². The number of nitrogens with one attached hydrogen (secondary N) is 2. The Morgan fingerprint density at radius 3 is 2.73 bits per heavy atom. The summed E-state index contributed by atoms with van der Waals surface area (Å²) < 4.78 is 1.19. The predicted octanol–water partition coefficient (Wildman–Crippen LogP) is 2.42. The lowest BCUT2D eigenvalue weighted by atomic mass is 10.2. The molecular weight excluding hydrogens is 396 g/mol. The van der Waals surface area contributed by atoms with Gasteiger partial charge in [-0.1, -0.05) is 29.8 Å². The van der Waals surface area contributed by atoms with Gasteiger partial charge in [-0.05, 0) is 31.2 Å². The number of carbonyl (C=O) groups excluding carboxylic acids is 2. The third-order valence-electron chi connectivity index (χ3n) is 5.61. The summed E-state index contributed by atoms with van der Waals surface area (Å²) in [5.74, 6) is -0.203. The van der Waals surface area contributed by atoms with E-state index < -0.39 is 0 Å². The van der Waals surface area contributed by atoms with Crippen LogP contribution in [0.25, 0.3) is 10.2 Å². The van der Waals surface area contributed by atoms with Crippen molar-refractivity contribution in [3.05, 3.63) is 59.1 Å². The molecule has 0 aliphatic carbocycles. The maximum atomic E-state index is 12.8. The Hall–Kier alpha value is -2.77. The Kier molecular flexibility index (Phi) is 6.11. The van der Waals surface area contributed by atoms with Gasteiger partial charge in [0.1, 0.15) is 6.04 Å². The standard InChI is InChI=1S/C23H26N4O2S/c1-16-9-11-17(12-10-16)24-21(28)14-26(2)22(29)15-27-13-5-7-19(27)23-25-18-6-3-4-8-20(18)30-23/h3-4,6,8-12,19H,5,7,13-15H2,1-2H3,(H,24,28)/p+1/t19-/m0/s1. The molecule has 0 spiro atoms. The molecule has 7 heteroatoms. The van der Waals surface area contributed by atoms with Gasteiger partial charge in [0.2, 0.25) is 5.91 Å². The minimum atomic E-state index is -0.186.